The Morgan fingerprint density at radius 2 is 1.86 bits per heavy atom. The van der Waals surface area contributed by atoms with Crippen molar-refractivity contribution in [3.05, 3.63) is 89.3 Å². The van der Waals surface area contributed by atoms with Gasteiger partial charge in [-0.1, -0.05) is 54.1 Å². The third-order valence-corrected chi connectivity index (χ3v) is 4.22. The van der Waals surface area contributed by atoms with E-state index in [-0.39, 0.29) is 0 Å². The van der Waals surface area contributed by atoms with Crippen molar-refractivity contribution >= 4 is 23.7 Å². The van der Waals surface area contributed by atoms with Crippen molar-refractivity contribution in [3.8, 4) is 22.6 Å². The molecule has 2 aromatic heterocycles. The molecule has 0 fully saturated rings. The van der Waals surface area contributed by atoms with Gasteiger partial charge in [-0.05, 0) is 30.3 Å². The van der Waals surface area contributed by atoms with Gasteiger partial charge in [-0.2, -0.15) is 10.2 Å². The number of furan rings is 1. The molecular formula is C21H15ClN4O2. The number of benzene rings is 2. The van der Waals surface area contributed by atoms with Gasteiger partial charge in [0, 0.05) is 16.1 Å². The van der Waals surface area contributed by atoms with E-state index in [1.54, 1.807) is 18.2 Å². The summed E-state index contributed by atoms with van der Waals surface area (Å²) in [6.07, 6.45) is 1.43. The number of halogens is 1. The maximum atomic E-state index is 12.2. The predicted octanol–water partition coefficient (Wildman–Crippen LogP) is 4.75. The lowest BCUT2D eigenvalue weighted by Crippen LogP contribution is -2.17. The molecule has 0 saturated carbocycles. The molecule has 138 valence electrons. The van der Waals surface area contributed by atoms with E-state index >= 15 is 0 Å². The van der Waals surface area contributed by atoms with Gasteiger partial charge in [-0.15, -0.1) is 0 Å². The van der Waals surface area contributed by atoms with Gasteiger partial charge in [-0.3, -0.25) is 9.89 Å². The molecule has 1 amide bonds. The van der Waals surface area contributed by atoms with E-state index in [0.717, 1.165) is 11.1 Å². The van der Waals surface area contributed by atoms with Crippen LogP contribution in [-0.4, -0.2) is 22.3 Å². The number of hydrogen-bond donors (Lipinski definition) is 2. The highest BCUT2D eigenvalue weighted by molar-refractivity contribution is 6.30. The zero-order valence-corrected chi connectivity index (χ0v) is 15.4. The smallest absolute Gasteiger partial charge is 0.289 e. The highest BCUT2D eigenvalue weighted by Crippen LogP contribution is 2.24. The number of H-pyrrole nitrogens is 1. The van der Waals surface area contributed by atoms with Crippen LogP contribution in [0.15, 0.2) is 82.3 Å². The molecule has 0 aliphatic rings. The largest absolute Gasteiger partial charge is 0.455 e. The van der Waals surface area contributed by atoms with Crippen LogP contribution in [0, 0.1) is 0 Å². The molecule has 4 aromatic rings. The van der Waals surface area contributed by atoms with Gasteiger partial charge in [-0.25, -0.2) is 5.43 Å². The standard InChI is InChI=1S/C21H15ClN4O2/c22-16-8-4-7-15(11-16)20-10-9-17(28-20)13-23-26-21(27)19-12-18(24-25-19)14-5-2-1-3-6-14/h1-13H,(H,24,25)(H,26,27)/b23-13-. The Balaban J connectivity index is 1.40. The van der Waals surface area contributed by atoms with Crippen LogP contribution in [0.4, 0.5) is 0 Å². The van der Waals surface area contributed by atoms with E-state index in [1.807, 2.05) is 54.6 Å². The van der Waals surface area contributed by atoms with E-state index in [9.17, 15) is 4.79 Å². The SMILES string of the molecule is O=C(N/N=C\c1ccc(-c2cccc(Cl)c2)o1)c1cc(-c2ccccc2)n[nH]1. The second-order valence-corrected chi connectivity index (χ2v) is 6.38. The van der Waals surface area contributed by atoms with E-state index in [4.69, 9.17) is 16.0 Å². The van der Waals surface area contributed by atoms with Crippen LogP contribution in [0.5, 0.6) is 0 Å². The second kappa shape index (κ2) is 7.94. The number of carbonyl (C=O) groups excluding carboxylic acids is 1. The normalized spacial score (nSPS) is 11.0. The zero-order valence-electron chi connectivity index (χ0n) is 14.6. The fourth-order valence-electron chi connectivity index (χ4n) is 2.63. The minimum atomic E-state index is -0.396. The Bertz CT molecular complexity index is 1130. The minimum absolute atomic E-state index is 0.315. The summed E-state index contributed by atoms with van der Waals surface area (Å²) in [4.78, 5) is 12.2. The maximum absolute atomic E-state index is 12.2. The van der Waals surface area contributed by atoms with Crippen molar-refractivity contribution in [2.75, 3.05) is 0 Å². The van der Waals surface area contributed by atoms with Gasteiger partial charge in [0.25, 0.3) is 5.91 Å². The molecule has 0 radical (unpaired) electrons. The van der Waals surface area contributed by atoms with Crippen LogP contribution in [0.25, 0.3) is 22.6 Å². The highest BCUT2D eigenvalue weighted by atomic mass is 35.5. The van der Waals surface area contributed by atoms with Crippen molar-refractivity contribution in [1.82, 2.24) is 15.6 Å². The summed E-state index contributed by atoms with van der Waals surface area (Å²) in [5.74, 6) is 0.772. The third-order valence-electron chi connectivity index (χ3n) is 3.99. The lowest BCUT2D eigenvalue weighted by atomic mass is 10.1. The molecule has 2 aromatic carbocycles. The van der Waals surface area contributed by atoms with Crippen molar-refractivity contribution in [2.24, 2.45) is 5.10 Å². The summed E-state index contributed by atoms with van der Waals surface area (Å²) >= 11 is 6.00. The number of rotatable bonds is 5. The molecule has 0 aliphatic heterocycles. The summed E-state index contributed by atoms with van der Waals surface area (Å²) in [6.45, 7) is 0. The Kier molecular flexibility index (Phi) is 5.03. The number of aromatic nitrogens is 2. The van der Waals surface area contributed by atoms with E-state index in [0.29, 0.717) is 27.9 Å². The molecule has 7 heteroatoms. The van der Waals surface area contributed by atoms with E-state index in [2.05, 4.69) is 20.7 Å². The topological polar surface area (TPSA) is 83.3 Å². The Morgan fingerprint density at radius 3 is 2.68 bits per heavy atom. The molecule has 0 unspecified atom stereocenters. The maximum Gasteiger partial charge on any atom is 0.289 e. The molecule has 2 N–H and O–H groups in total. The zero-order chi connectivity index (χ0) is 19.3. The molecule has 0 aliphatic carbocycles. The van der Waals surface area contributed by atoms with E-state index < -0.39 is 5.91 Å². The van der Waals surface area contributed by atoms with Crippen LogP contribution in [0.2, 0.25) is 5.02 Å². The molecule has 6 nitrogen and oxygen atoms in total. The Hall–Kier alpha value is -3.64. The number of nitrogens with one attached hydrogen (secondary N) is 2. The van der Waals surface area contributed by atoms with Gasteiger partial charge in [0.2, 0.25) is 0 Å². The molecular weight excluding hydrogens is 376 g/mol. The number of nitrogens with zero attached hydrogens (tertiary/aromatic N) is 2. The van der Waals surface area contributed by atoms with Gasteiger partial charge >= 0.3 is 0 Å². The van der Waals surface area contributed by atoms with Crippen LogP contribution in [-0.2, 0) is 0 Å². The molecule has 4 rings (SSSR count). The molecule has 0 saturated heterocycles. The quantitative estimate of drug-likeness (QED) is 0.381. The fourth-order valence-corrected chi connectivity index (χ4v) is 2.82. The number of carbonyl (C=O) groups is 1. The highest BCUT2D eigenvalue weighted by Gasteiger charge is 2.10. The summed E-state index contributed by atoms with van der Waals surface area (Å²) in [6, 6.07) is 22.2. The minimum Gasteiger partial charge on any atom is -0.455 e. The lowest BCUT2D eigenvalue weighted by molar-refractivity contribution is 0.0950. The monoisotopic (exact) mass is 390 g/mol. The van der Waals surface area contributed by atoms with Crippen LogP contribution in [0.3, 0.4) is 0 Å². The van der Waals surface area contributed by atoms with Gasteiger partial charge in [0.15, 0.2) is 0 Å². The molecule has 0 bridgehead atoms. The number of hydrazone groups is 1. The van der Waals surface area contributed by atoms with Crippen molar-refractivity contribution in [2.45, 2.75) is 0 Å². The Morgan fingerprint density at radius 1 is 1.04 bits per heavy atom. The second-order valence-electron chi connectivity index (χ2n) is 5.94. The first-order chi connectivity index (χ1) is 13.7. The third kappa shape index (κ3) is 4.02. The summed E-state index contributed by atoms with van der Waals surface area (Å²) in [5.41, 5.74) is 5.24. The first-order valence-electron chi connectivity index (χ1n) is 8.49. The number of amides is 1. The van der Waals surface area contributed by atoms with Crippen LogP contribution in [0.1, 0.15) is 16.2 Å². The van der Waals surface area contributed by atoms with Crippen molar-refractivity contribution < 1.29 is 9.21 Å². The average molecular weight is 391 g/mol. The van der Waals surface area contributed by atoms with Crippen LogP contribution >= 0.6 is 11.6 Å². The van der Waals surface area contributed by atoms with Crippen molar-refractivity contribution in [3.63, 3.8) is 0 Å². The first-order valence-corrected chi connectivity index (χ1v) is 8.87. The van der Waals surface area contributed by atoms with Gasteiger partial charge < -0.3 is 4.42 Å². The predicted molar refractivity (Wildman–Crippen MR) is 108 cm³/mol. The number of aromatic amines is 1. The average Bonchev–Trinajstić information content (AvgIpc) is 3.39. The summed E-state index contributed by atoms with van der Waals surface area (Å²) in [5, 5.41) is 11.4. The van der Waals surface area contributed by atoms with Gasteiger partial charge in [0.05, 0.1) is 11.9 Å². The number of hydrogen-bond acceptors (Lipinski definition) is 4. The summed E-state index contributed by atoms with van der Waals surface area (Å²) in [7, 11) is 0. The van der Waals surface area contributed by atoms with E-state index in [1.165, 1.54) is 6.21 Å². The van der Waals surface area contributed by atoms with Crippen LogP contribution < -0.4 is 5.43 Å². The molecule has 28 heavy (non-hydrogen) atoms. The first kappa shape index (κ1) is 17.8. The molecule has 0 spiro atoms. The lowest BCUT2D eigenvalue weighted by Gasteiger charge is -1.97. The fraction of sp³-hybridized carbons (Fsp3) is 0. The van der Waals surface area contributed by atoms with Crippen molar-refractivity contribution in [1.29, 1.82) is 0 Å². The Labute approximate surface area is 165 Å². The molecule has 2 heterocycles. The van der Waals surface area contributed by atoms with Gasteiger partial charge in [0.1, 0.15) is 17.2 Å². The molecule has 0 atom stereocenters. The summed E-state index contributed by atoms with van der Waals surface area (Å²) < 4.78 is 5.69.